The Morgan fingerprint density at radius 3 is 2.69 bits per heavy atom. The molecule has 0 bridgehead atoms. The van der Waals surface area contributed by atoms with Crippen LogP contribution in [0.1, 0.15) is 13.3 Å². The first-order chi connectivity index (χ1) is 7.65. The number of nitrogens with one attached hydrogen (secondary N) is 1. The predicted molar refractivity (Wildman–Crippen MR) is 55.9 cm³/mol. The Bertz CT molecular complexity index is 344. The maximum atomic E-state index is 13.1. The minimum atomic E-state index is -1.19. The van der Waals surface area contributed by atoms with Gasteiger partial charge in [-0.15, -0.1) is 0 Å². The minimum Gasteiger partial charge on any atom is -0.382 e. The Morgan fingerprint density at radius 2 is 2.00 bits per heavy atom. The van der Waals surface area contributed by atoms with Crippen molar-refractivity contribution in [1.29, 1.82) is 0 Å². The number of hydrogen-bond acceptors (Lipinski definition) is 2. The van der Waals surface area contributed by atoms with E-state index >= 15 is 0 Å². The molecule has 5 heteroatoms. The van der Waals surface area contributed by atoms with E-state index in [9.17, 15) is 13.2 Å². The molecule has 0 atom stereocenters. The molecule has 1 aromatic rings. The van der Waals surface area contributed by atoms with Gasteiger partial charge in [0.2, 0.25) is 0 Å². The fraction of sp³-hybridized carbons (Fsp3) is 0.455. The van der Waals surface area contributed by atoms with Crippen molar-refractivity contribution in [2.24, 2.45) is 0 Å². The topological polar surface area (TPSA) is 21.3 Å². The summed E-state index contributed by atoms with van der Waals surface area (Å²) in [6.45, 7) is 3.42. The lowest BCUT2D eigenvalue weighted by Gasteiger charge is -2.08. The van der Waals surface area contributed by atoms with Gasteiger partial charge in [0, 0.05) is 31.9 Å². The molecule has 0 unspecified atom stereocenters. The second kappa shape index (κ2) is 6.37. The van der Waals surface area contributed by atoms with Crippen LogP contribution in [0.15, 0.2) is 12.1 Å². The molecule has 0 fully saturated rings. The summed E-state index contributed by atoms with van der Waals surface area (Å²) < 4.78 is 43.7. The zero-order valence-corrected chi connectivity index (χ0v) is 9.03. The molecular formula is C11H14F3NO. The van der Waals surface area contributed by atoms with Crippen molar-refractivity contribution in [3.05, 3.63) is 29.6 Å². The summed E-state index contributed by atoms with van der Waals surface area (Å²) >= 11 is 0. The molecule has 0 heterocycles. The average Bonchev–Trinajstić information content (AvgIpc) is 2.24. The summed E-state index contributed by atoms with van der Waals surface area (Å²) in [6.07, 6.45) is 0.644. The first kappa shape index (κ1) is 12.8. The molecule has 0 aromatic heterocycles. The molecule has 0 aliphatic rings. The van der Waals surface area contributed by atoms with Crippen molar-refractivity contribution in [2.45, 2.75) is 13.3 Å². The lowest BCUT2D eigenvalue weighted by Crippen LogP contribution is -2.08. The summed E-state index contributed by atoms with van der Waals surface area (Å²) in [5.41, 5.74) is -0.158. The highest BCUT2D eigenvalue weighted by atomic mass is 19.2. The van der Waals surface area contributed by atoms with Crippen LogP contribution < -0.4 is 5.32 Å². The van der Waals surface area contributed by atoms with E-state index in [0.717, 1.165) is 6.07 Å². The molecule has 1 N–H and O–H groups in total. The SMILES string of the molecule is CCOCCCNc1cc(F)cc(F)c1F. The molecule has 1 aromatic carbocycles. The zero-order valence-electron chi connectivity index (χ0n) is 9.03. The normalized spacial score (nSPS) is 10.5. The van der Waals surface area contributed by atoms with Crippen LogP contribution in [0.25, 0.3) is 0 Å². The molecule has 0 radical (unpaired) electrons. The Balaban J connectivity index is 2.47. The van der Waals surface area contributed by atoms with Crippen LogP contribution in [-0.4, -0.2) is 19.8 Å². The average molecular weight is 233 g/mol. The Hall–Kier alpha value is -1.23. The van der Waals surface area contributed by atoms with Gasteiger partial charge in [-0.05, 0) is 13.3 Å². The highest BCUT2D eigenvalue weighted by Crippen LogP contribution is 2.18. The van der Waals surface area contributed by atoms with Crippen LogP contribution in [0.3, 0.4) is 0 Å². The van der Waals surface area contributed by atoms with Gasteiger partial charge in [-0.1, -0.05) is 0 Å². The van der Waals surface area contributed by atoms with E-state index < -0.39 is 17.5 Å². The highest BCUT2D eigenvalue weighted by molar-refractivity contribution is 5.45. The second-order valence-electron chi connectivity index (χ2n) is 3.23. The van der Waals surface area contributed by atoms with Gasteiger partial charge in [0.15, 0.2) is 11.6 Å². The smallest absolute Gasteiger partial charge is 0.182 e. The van der Waals surface area contributed by atoms with Gasteiger partial charge < -0.3 is 10.1 Å². The van der Waals surface area contributed by atoms with Crippen molar-refractivity contribution in [3.8, 4) is 0 Å². The van der Waals surface area contributed by atoms with Crippen molar-refractivity contribution in [1.82, 2.24) is 0 Å². The van der Waals surface area contributed by atoms with Crippen LogP contribution in [0.2, 0.25) is 0 Å². The summed E-state index contributed by atoms with van der Waals surface area (Å²) in [5, 5.41) is 2.62. The molecule has 0 spiro atoms. The number of anilines is 1. The van der Waals surface area contributed by atoms with Gasteiger partial charge >= 0.3 is 0 Å². The highest BCUT2D eigenvalue weighted by Gasteiger charge is 2.10. The second-order valence-corrected chi connectivity index (χ2v) is 3.23. The van der Waals surface area contributed by atoms with Gasteiger partial charge in [0.1, 0.15) is 5.82 Å². The molecular weight excluding hydrogens is 219 g/mol. The summed E-state index contributed by atoms with van der Waals surface area (Å²) in [6, 6.07) is 1.44. The van der Waals surface area contributed by atoms with Crippen LogP contribution in [0.5, 0.6) is 0 Å². The van der Waals surface area contributed by atoms with Crippen LogP contribution in [0, 0.1) is 17.5 Å². The van der Waals surface area contributed by atoms with Crippen molar-refractivity contribution in [3.63, 3.8) is 0 Å². The first-order valence-corrected chi connectivity index (χ1v) is 5.11. The third kappa shape index (κ3) is 3.73. The van der Waals surface area contributed by atoms with Gasteiger partial charge in [0.25, 0.3) is 0 Å². The van der Waals surface area contributed by atoms with Gasteiger partial charge in [-0.3, -0.25) is 0 Å². The number of ether oxygens (including phenoxy) is 1. The van der Waals surface area contributed by atoms with E-state index in [0.29, 0.717) is 32.2 Å². The van der Waals surface area contributed by atoms with E-state index in [1.54, 1.807) is 0 Å². The fourth-order valence-electron chi connectivity index (χ4n) is 1.23. The van der Waals surface area contributed by atoms with E-state index in [4.69, 9.17) is 4.74 Å². The van der Waals surface area contributed by atoms with Crippen molar-refractivity contribution < 1.29 is 17.9 Å². The number of rotatable bonds is 6. The molecule has 0 aliphatic heterocycles. The Labute approximate surface area is 92.4 Å². The summed E-state index contributed by atoms with van der Waals surface area (Å²) in [5.74, 6) is -3.05. The predicted octanol–water partition coefficient (Wildman–Crippen LogP) is 2.94. The lowest BCUT2D eigenvalue weighted by molar-refractivity contribution is 0.147. The molecule has 0 amide bonds. The molecule has 1 rings (SSSR count). The summed E-state index contributed by atoms with van der Waals surface area (Å²) in [4.78, 5) is 0. The van der Waals surface area contributed by atoms with Crippen molar-refractivity contribution in [2.75, 3.05) is 25.1 Å². The number of benzene rings is 1. The largest absolute Gasteiger partial charge is 0.382 e. The zero-order chi connectivity index (χ0) is 12.0. The van der Waals surface area contributed by atoms with Gasteiger partial charge in [-0.2, -0.15) is 0 Å². The lowest BCUT2D eigenvalue weighted by atomic mass is 10.2. The van der Waals surface area contributed by atoms with Crippen LogP contribution >= 0.6 is 0 Å². The molecule has 0 aliphatic carbocycles. The third-order valence-electron chi connectivity index (χ3n) is 1.98. The summed E-state index contributed by atoms with van der Waals surface area (Å²) in [7, 11) is 0. The Morgan fingerprint density at radius 1 is 1.25 bits per heavy atom. The number of hydrogen-bond donors (Lipinski definition) is 1. The molecule has 16 heavy (non-hydrogen) atoms. The number of halogens is 3. The molecule has 0 saturated heterocycles. The van der Waals surface area contributed by atoms with E-state index in [1.807, 2.05) is 6.92 Å². The maximum Gasteiger partial charge on any atom is 0.182 e. The van der Waals surface area contributed by atoms with Gasteiger partial charge in [-0.25, -0.2) is 13.2 Å². The minimum absolute atomic E-state index is 0.158. The van der Waals surface area contributed by atoms with E-state index in [-0.39, 0.29) is 5.69 Å². The standard InChI is InChI=1S/C11H14F3NO/c1-2-16-5-3-4-15-10-7-8(12)6-9(13)11(10)14/h6-7,15H,2-5H2,1H3. The molecule has 90 valence electrons. The molecule has 0 saturated carbocycles. The first-order valence-electron chi connectivity index (χ1n) is 5.11. The molecule has 2 nitrogen and oxygen atoms in total. The van der Waals surface area contributed by atoms with Gasteiger partial charge in [0.05, 0.1) is 5.69 Å². The third-order valence-corrected chi connectivity index (χ3v) is 1.98. The monoisotopic (exact) mass is 233 g/mol. The van der Waals surface area contributed by atoms with E-state index in [2.05, 4.69) is 5.32 Å². The van der Waals surface area contributed by atoms with Crippen LogP contribution in [0.4, 0.5) is 18.9 Å². The quantitative estimate of drug-likeness (QED) is 0.602. The fourth-order valence-corrected chi connectivity index (χ4v) is 1.23. The van der Waals surface area contributed by atoms with Crippen LogP contribution in [-0.2, 0) is 4.74 Å². The maximum absolute atomic E-state index is 13.1. The van der Waals surface area contributed by atoms with E-state index in [1.165, 1.54) is 0 Å². The van der Waals surface area contributed by atoms with Crippen molar-refractivity contribution >= 4 is 5.69 Å². The Kier molecular flexibility index (Phi) is 5.11.